The number of aliphatic hydroxyl groups excluding tert-OH is 1. The van der Waals surface area contributed by atoms with Crippen molar-refractivity contribution in [2.75, 3.05) is 4.90 Å². The summed E-state index contributed by atoms with van der Waals surface area (Å²) in [4.78, 5) is 17.2. The molecule has 1 aromatic carbocycles. The van der Waals surface area contributed by atoms with E-state index in [4.69, 9.17) is 11.6 Å². The van der Waals surface area contributed by atoms with Crippen LogP contribution in [0.15, 0.2) is 36.5 Å². The molecule has 0 bridgehead atoms. The highest BCUT2D eigenvalue weighted by Gasteiger charge is 2.38. The van der Waals surface area contributed by atoms with E-state index >= 15 is 0 Å². The van der Waals surface area contributed by atoms with Crippen molar-refractivity contribution < 1.29 is 14.3 Å². The lowest BCUT2D eigenvalue weighted by molar-refractivity contribution is 0.0935. The van der Waals surface area contributed by atoms with E-state index in [1.165, 1.54) is 36.5 Å². The first-order valence-corrected chi connectivity index (χ1v) is 5.89. The van der Waals surface area contributed by atoms with E-state index in [1.807, 2.05) is 0 Å². The first-order chi connectivity index (χ1) is 9.09. The standard InChI is InChI=1S/C13H8ClFN2O2/c14-11-10-9(5-6-16-11)12(18)17(13(10)19)8-3-1-7(15)2-4-8/h1-6,13,19H. The summed E-state index contributed by atoms with van der Waals surface area (Å²) in [5.74, 6) is -0.805. The first-order valence-electron chi connectivity index (χ1n) is 5.51. The van der Waals surface area contributed by atoms with Gasteiger partial charge in [0.15, 0.2) is 6.23 Å². The maximum Gasteiger partial charge on any atom is 0.261 e. The Morgan fingerprint density at radius 1 is 1.26 bits per heavy atom. The summed E-state index contributed by atoms with van der Waals surface area (Å²) >= 11 is 5.90. The lowest BCUT2D eigenvalue weighted by atomic mass is 10.2. The summed E-state index contributed by atoms with van der Waals surface area (Å²) in [7, 11) is 0. The fourth-order valence-corrected chi connectivity index (χ4v) is 2.37. The molecule has 0 saturated heterocycles. The number of aromatic nitrogens is 1. The van der Waals surface area contributed by atoms with Gasteiger partial charge in [-0.1, -0.05) is 11.6 Å². The molecule has 1 aliphatic heterocycles. The largest absolute Gasteiger partial charge is 0.369 e. The van der Waals surface area contributed by atoms with Gasteiger partial charge >= 0.3 is 0 Å². The highest BCUT2D eigenvalue weighted by atomic mass is 35.5. The number of pyridine rings is 1. The van der Waals surface area contributed by atoms with Crippen LogP contribution < -0.4 is 4.90 Å². The first kappa shape index (κ1) is 12.1. The van der Waals surface area contributed by atoms with Gasteiger partial charge in [0.2, 0.25) is 0 Å². The van der Waals surface area contributed by atoms with Crippen LogP contribution in [-0.4, -0.2) is 16.0 Å². The van der Waals surface area contributed by atoms with E-state index in [0.29, 0.717) is 11.3 Å². The van der Waals surface area contributed by atoms with Gasteiger partial charge in [-0.3, -0.25) is 9.69 Å². The molecule has 0 fully saturated rings. The van der Waals surface area contributed by atoms with Crippen molar-refractivity contribution >= 4 is 23.2 Å². The molecule has 6 heteroatoms. The van der Waals surface area contributed by atoms with Gasteiger partial charge in [0.1, 0.15) is 11.0 Å². The van der Waals surface area contributed by atoms with Crippen molar-refractivity contribution in [3.05, 3.63) is 58.6 Å². The zero-order valence-electron chi connectivity index (χ0n) is 9.55. The quantitative estimate of drug-likeness (QED) is 0.816. The monoisotopic (exact) mass is 278 g/mol. The molecule has 1 amide bonds. The topological polar surface area (TPSA) is 53.4 Å². The molecule has 1 N–H and O–H groups in total. The zero-order valence-corrected chi connectivity index (χ0v) is 10.3. The van der Waals surface area contributed by atoms with Crippen molar-refractivity contribution in [2.45, 2.75) is 6.23 Å². The molecule has 0 radical (unpaired) electrons. The number of hydrogen-bond donors (Lipinski definition) is 1. The predicted octanol–water partition coefficient (Wildman–Crippen LogP) is 2.53. The molecular formula is C13H8ClFN2O2. The molecule has 1 aromatic heterocycles. The van der Waals surface area contributed by atoms with Crippen LogP contribution >= 0.6 is 11.6 Å². The third kappa shape index (κ3) is 1.78. The Balaban J connectivity index is 2.10. The molecule has 0 spiro atoms. The summed E-state index contributed by atoms with van der Waals surface area (Å²) < 4.78 is 12.9. The third-order valence-corrected chi connectivity index (χ3v) is 3.30. The number of carbonyl (C=O) groups is 1. The second kappa shape index (κ2) is 4.29. The summed E-state index contributed by atoms with van der Waals surface area (Å²) in [5.41, 5.74) is 0.974. The molecule has 3 rings (SSSR count). The molecule has 19 heavy (non-hydrogen) atoms. The van der Waals surface area contributed by atoms with E-state index in [0.717, 1.165) is 4.90 Å². The van der Waals surface area contributed by atoms with E-state index in [9.17, 15) is 14.3 Å². The van der Waals surface area contributed by atoms with Gasteiger partial charge in [-0.2, -0.15) is 0 Å². The molecule has 2 aromatic rings. The van der Waals surface area contributed by atoms with Crippen LogP contribution in [0.1, 0.15) is 22.1 Å². The van der Waals surface area contributed by atoms with Crippen molar-refractivity contribution in [1.29, 1.82) is 0 Å². The van der Waals surface area contributed by atoms with Gasteiger partial charge in [0.25, 0.3) is 5.91 Å². The van der Waals surface area contributed by atoms with Gasteiger partial charge in [0.05, 0.1) is 11.1 Å². The van der Waals surface area contributed by atoms with E-state index in [-0.39, 0.29) is 10.7 Å². The number of aliphatic hydroxyl groups is 1. The molecule has 96 valence electrons. The predicted molar refractivity (Wildman–Crippen MR) is 67.4 cm³/mol. The Labute approximate surface area is 113 Å². The van der Waals surface area contributed by atoms with E-state index < -0.39 is 18.0 Å². The summed E-state index contributed by atoms with van der Waals surface area (Å²) in [6.07, 6.45) is 0.189. The Hall–Kier alpha value is -1.98. The van der Waals surface area contributed by atoms with Crippen LogP contribution in [0.2, 0.25) is 5.15 Å². The zero-order chi connectivity index (χ0) is 13.6. The third-order valence-electron chi connectivity index (χ3n) is 3.00. The maximum absolute atomic E-state index is 12.9. The number of benzene rings is 1. The number of halogens is 2. The maximum atomic E-state index is 12.9. The van der Waals surface area contributed by atoms with Crippen LogP contribution in [0.3, 0.4) is 0 Å². The van der Waals surface area contributed by atoms with E-state index in [1.54, 1.807) is 0 Å². The van der Waals surface area contributed by atoms with Crippen LogP contribution in [-0.2, 0) is 0 Å². The fraction of sp³-hybridized carbons (Fsp3) is 0.0769. The second-order valence-electron chi connectivity index (χ2n) is 4.09. The minimum absolute atomic E-state index is 0.0861. The molecule has 1 atom stereocenters. The number of nitrogens with zero attached hydrogens (tertiary/aromatic N) is 2. The Morgan fingerprint density at radius 2 is 1.95 bits per heavy atom. The van der Waals surface area contributed by atoms with Crippen LogP contribution in [0.4, 0.5) is 10.1 Å². The van der Waals surface area contributed by atoms with Gasteiger partial charge in [-0.15, -0.1) is 0 Å². The van der Waals surface area contributed by atoms with E-state index in [2.05, 4.69) is 4.98 Å². The number of hydrogen-bond acceptors (Lipinski definition) is 3. The van der Waals surface area contributed by atoms with Crippen molar-refractivity contribution in [3.8, 4) is 0 Å². The highest BCUT2D eigenvalue weighted by Crippen LogP contribution is 2.38. The normalized spacial score (nSPS) is 17.7. The lowest BCUT2D eigenvalue weighted by Crippen LogP contribution is -2.27. The van der Waals surface area contributed by atoms with Crippen LogP contribution in [0, 0.1) is 5.82 Å². The average molecular weight is 279 g/mol. The number of amides is 1. The Kier molecular flexibility index (Phi) is 2.73. The molecule has 0 aliphatic carbocycles. The van der Waals surface area contributed by atoms with Gasteiger partial charge in [-0.25, -0.2) is 9.37 Å². The molecule has 1 aliphatic rings. The van der Waals surface area contributed by atoms with Gasteiger partial charge in [-0.05, 0) is 30.3 Å². The second-order valence-corrected chi connectivity index (χ2v) is 4.45. The number of anilines is 1. The highest BCUT2D eigenvalue weighted by molar-refractivity contribution is 6.31. The minimum atomic E-state index is -1.21. The van der Waals surface area contributed by atoms with Crippen LogP contribution in [0.25, 0.3) is 0 Å². The van der Waals surface area contributed by atoms with Crippen molar-refractivity contribution in [2.24, 2.45) is 0 Å². The summed E-state index contributed by atoms with van der Waals surface area (Å²) in [6.45, 7) is 0. The van der Waals surface area contributed by atoms with Crippen molar-refractivity contribution in [3.63, 3.8) is 0 Å². The Bertz CT molecular complexity index is 660. The molecule has 0 saturated carbocycles. The fourth-order valence-electron chi connectivity index (χ4n) is 2.11. The van der Waals surface area contributed by atoms with Gasteiger partial charge in [0, 0.05) is 11.9 Å². The molecule has 4 nitrogen and oxygen atoms in total. The molecule has 2 heterocycles. The number of carbonyl (C=O) groups excluding carboxylic acids is 1. The van der Waals surface area contributed by atoms with Gasteiger partial charge < -0.3 is 5.11 Å². The van der Waals surface area contributed by atoms with Crippen molar-refractivity contribution in [1.82, 2.24) is 4.98 Å². The van der Waals surface area contributed by atoms with Crippen LogP contribution in [0.5, 0.6) is 0 Å². The Morgan fingerprint density at radius 3 is 2.58 bits per heavy atom. The SMILES string of the molecule is O=C1c2ccnc(Cl)c2C(O)N1c1ccc(F)cc1. The minimum Gasteiger partial charge on any atom is -0.369 e. The lowest BCUT2D eigenvalue weighted by Gasteiger charge is -2.20. The number of rotatable bonds is 1. The molecule has 1 unspecified atom stereocenters. The summed E-state index contributed by atoms with van der Waals surface area (Å²) in [6, 6.07) is 6.78. The molecular weight excluding hydrogens is 271 g/mol. The smallest absolute Gasteiger partial charge is 0.261 e. The average Bonchev–Trinajstić information content (AvgIpc) is 2.65. The number of fused-ring (bicyclic) bond motifs is 1. The summed E-state index contributed by atoms with van der Waals surface area (Å²) in [5, 5.41) is 10.3.